The Morgan fingerprint density at radius 2 is 2.19 bits per heavy atom. The quantitative estimate of drug-likeness (QED) is 0.683. The summed E-state index contributed by atoms with van der Waals surface area (Å²) in [6, 6.07) is 8.86. The number of fused-ring (bicyclic) bond motifs is 3. The van der Waals surface area contributed by atoms with Gasteiger partial charge in [-0.25, -0.2) is 4.98 Å². The van der Waals surface area contributed by atoms with Crippen LogP contribution in [0.4, 0.5) is 0 Å². The van der Waals surface area contributed by atoms with Crippen molar-refractivity contribution < 1.29 is 0 Å². The van der Waals surface area contributed by atoms with Crippen molar-refractivity contribution in [2.24, 2.45) is 0 Å². The first kappa shape index (κ1) is 13.4. The number of aryl methyl sites for hydroxylation is 1. The molecule has 1 atom stereocenters. The molecule has 3 heterocycles. The summed E-state index contributed by atoms with van der Waals surface area (Å²) in [6.45, 7) is 0. The molecule has 3 aromatic rings. The van der Waals surface area contributed by atoms with Gasteiger partial charge in [0.25, 0.3) is 0 Å². The number of hydrogen-bond acceptors (Lipinski definition) is 3. The number of imidazole rings is 1. The number of thioether (sulfide) groups is 1. The van der Waals surface area contributed by atoms with Crippen molar-refractivity contribution in [2.45, 2.75) is 18.9 Å². The number of halogens is 1. The van der Waals surface area contributed by atoms with E-state index in [0.29, 0.717) is 11.9 Å². The number of rotatable bonds is 3. The molecular formula is C16H16ClN3S. The number of nitrogens with zero attached hydrogens (tertiary/aromatic N) is 3. The SMILES string of the molecule is ClCCc1nc2cnc3ccccc3c2n1C1CCSC1. The van der Waals surface area contributed by atoms with Gasteiger partial charge in [0.15, 0.2) is 0 Å². The van der Waals surface area contributed by atoms with Gasteiger partial charge in [-0.05, 0) is 18.2 Å². The zero-order valence-corrected chi connectivity index (χ0v) is 13.2. The Morgan fingerprint density at radius 3 is 3.00 bits per heavy atom. The summed E-state index contributed by atoms with van der Waals surface area (Å²) in [6.07, 6.45) is 3.92. The van der Waals surface area contributed by atoms with Crippen LogP contribution in [0.3, 0.4) is 0 Å². The fraction of sp³-hybridized carbons (Fsp3) is 0.375. The van der Waals surface area contributed by atoms with Crippen molar-refractivity contribution in [2.75, 3.05) is 17.4 Å². The van der Waals surface area contributed by atoms with E-state index in [1.807, 2.05) is 24.0 Å². The van der Waals surface area contributed by atoms with Crippen LogP contribution in [0.5, 0.6) is 0 Å². The maximum Gasteiger partial charge on any atom is 0.111 e. The second-order valence-corrected chi connectivity index (χ2v) is 6.89. The van der Waals surface area contributed by atoms with Gasteiger partial charge in [-0.1, -0.05) is 18.2 Å². The Labute approximate surface area is 132 Å². The Hall–Kier alpha value is -1.26. The van der Waals surface area contributed by atoms with Crippen molar-refractivity contribution >= 4 is 45.3 Å². The first-order valence-electron chi connectivity index (χ1n) is 7.27. The number of hydrogen-bond donors (Lipinski definition) is 0. The molecule has 0 spiro atoms. The van der Waals surface area contributed by atoms with Crippen molar-refractivity contribution in [3.8, 4) is 0 Å². The first-order chi connectivity index (χ1) is 10.4. The second-order valence-electron chi connectivity index (χ2n) is 5.36. The molecular weight excluding hydrogens is 302 g/mol. The minimum Gasteiger partial charge on any atom is -0.323 e. The maximum atomic E-state index is 5.99. The molecule has 5 heteroatoms. The Bertz CT molecular complexity index is 793. The molecule has 108 valence electrons. The monoisotopic (exact) mass is 317 g/mol. The van der Waals surface area contributed by atoms with E-state index < -0.39 is 0 Å². The van der Waals surface area contributed by atoms with Crippen molar-refractivity contribution in [1.29, 1.82) is 0 Å². The van der Waals surface area contributed by atoms with Crippen LogP contribution in [0.15, 0.2) is 30.5 Å². The fourth-order valence-electron chi connectivity index (χ4n) is 3.15. The molecule has 0 bridgehead atoms. The van der Waals surface area contributed by atoms with E-state index in [2.05, 4.69) is 27.8 Å². The highest BCUT2D eigenvalue weighted by atomic mass is 35.5. The third-order valence-electron chi connectivity index (χ3n) is 4.09. The molecule has 1 aliphatic heterocycles. The maximum absolute atomic E-state index is 5.99. The summed E-state index contributed by atoms with van der Waals surface area (Å²) >= 11 is 8.01. The summed E-state index contributed by atoms with van der Waals surface area (Å²) in [4.78, 5) is 9.34. The third kappa shape index (κ3) is 2.21. The predicted octanol–water partition coefficient (Wildman–Crippen LogP) is 4.04. The van der Waals surface area contributed by atoms with Crippen LogP contribution < -0.4 is 0 Å². The highest BCUT2D eigenvalue weighted by molar-refractivity contribution is 7.99. The fourth-order valence-corrected chi connectivity index (χ4v) is 4.52. The van der Waals surface area contributed by atoms with Gasteiger partial charge in [0.1, 0.15) is 11.3 Å². The van der Waals surface area contributed by atoms with Gasteiger partial charge in [-0.2, -0.15) is 11.8 Å². The Kier molecular flexibility index (Phi) is 3.51. The molecule has 1 fully saturated rings. The topological polar surface area (TPSA) is 30.7 Å². The summed E-state index contributed by atoms with van der Waals surface area (Å²) in [5, 5.41) is 1.19. The second kappa shape index (κ2) is 5.50. The smallest absolute Gasteiger partial charge is 0.111 e. The van der Waals surface area contributed by atoms with Crippen molar-refractivity contribution in [1.82, 2.24) is 14.5 Å². The lowest BCUT2D eigenvalue weighted by molar-refractivity contribution is 0.553. The van der Waals surface area contributed by atoms with Crippen molar-refractivity contribution in [3.63, 3.8) is 0 Å². The Morgan fingerprint density at radius 1 is 1.29 bits per heavy atom. The minimum atomic E-state index is 0.532. The first-order valence-corrected chi connectivity index (χ1v) is 8.95. The van der Waals surface area contributed by atoms with E-state index in [9.17, 15) is 0 Å². The molecule has 0 saturated carbocycles. The zero-order chi connectivity index (χ0) is 14.2. The summed E-state index contributed by atoms with van der Waals surface area (Å²) in [5.41, 5.74) is 3.26. The van der Waals surface area contributed by atoms with Gasteiger partial charge >= 0.3 is 0 Å². The van der Waals surface area contributed by atoms with E-state index >= 15 is 0 Å². The molecule has 0 radical (unpaired) electrons. The number of aromatic nitrogens is 3. The average molecular weight is 318 g/mol. The van der Waals surface area contributed by atoms with Gasteiger partial charge in [0.05, 0.1) is 17.2 Å². The Balaban J connectivity index is 2.04. The van der Waals surface area contributed by atoms with Crippen LogP contribution in [-0.4, -0.2) is 31.9 Å². The number of alkyl halides is 1. The van der Waals surface area contributed by atoms with E-state index in [1.54, 1.807) is 0 Å². The van der Waals surface area contributed by atoms with E-state index in [4.69, 9.17) is 16.6 Å². The summed E-state index contributed by atoms with van der Waals surface area (Å²) < 4.78 is 2.43. The van der Waals surface area contributed by atoms with E-state index in [1.165, 1.54) is 23.1 Å². The highest BCUT2D eigenvalue weighted by Crippen LogP contribution is 2.34. The summed E-state index contributed by atoms with van der Waals surface area (Å²) in [5.74, 6) is 4.10. The number of para-hydroxylation sites is 1. The van der Waals surface area contributed by atoms with Crippen LogP contribution in [0, 0.1) is 0 Å². The molecule has 2 aromatic heterocycles. The van der Waals surface area contributed by atoms with Crippen LogP contribution in [-0.2, 0) is 6.42 Å². The predicted molar refractivity (Wildman–Crippen MR) is 90.4 cm³/mol. The van der Waals surface area contributed by atoms with Crippen LogP contribution in [0.25, 0.3) is 21.9 Å². The van der Waals surface area contributed by atoms with Crippen LogP contribution in [0.2, 0.25) is 0 Å². The lowest BCUT2D eigenvalue weighted by Gasteiger charge is -2.16. The van der Waals surface area contributed by atoms with E-state index in [0.717, 1.165) is 29.0 Å². The molecule has 0 amide bonds. The van der Waals surface area contributed by atoms with Gasteiger partial charge in [0.2, 0.25) is 0 Å². The molecule has 1 aliphatic rings. The van der Waals surface area contributed by atoms with Crippen LogP contribution in [0.1, 0.15) is 18.3 Å². The normalized spacial score (nSPS) is 18.8. The molecule has 1 aromatic carbocycles. The minimum absolute atomic E-state index is 0.532. The molecule has 1 saturated heterocycles. The van der Waals surface area contributed by atoms with Gasteiger partial charge < -0.3 is 4.57 Å². The molecule has 0 aliphatic carbocycles. The number of pyridine rings is 1. The van der Waals surface area contributed by atoms with Gasteiger partial charge in [-0.15, -0.1) is 11.6 Å². The molecule has 3 nitrogen and oxygen atoms in total. The van der Waals surface area contributed by atoms with Gasteiger partial charge in [0, 0.05) is 29.5 Å². The molecule has 1 unspecified atom stereocenters. The van der Waals surface area contributed by atoms with Crippen LogP contribution >= 0.6 is 23.4 Å². The molecule has 21 heavy (non-hydrogen) atoms. The van der Waals surface area contributed by atoms with Gasteiger partial charge in [-0.3, -0.25) is 4.98 Å². The lowest BCUT2D eigenvalue weighted by atomic mass is 10.1. The molecule has 0 N–H and O–H groups in total. The van der Waals surface area contributed by atoms with E-state index in [-0.39, 0.29) is 0 Å². The summed E-state index contributed by atoms with van der Waals surface area (Å²) in [7, 11) is 0. The largest absolute Gasteiger partial charge is 0.323 e. The third-order valence-corrected chi connectivity index (χ3v) is 5.42. The number of benzene rings is 1. The molecule has 4 rings (SSSR count). The average Bonchev–Trinajstić information content (AvgIpc) is 3.14. The standard InChI is InChI=1S/C16H16ClN3S/c17-7-5-15-19-14-9-18-13-4-2-1-3-12(13)16(14)20(15)11-6-8-21-10-11/h1-4,9,11H,5-8,10H2. The van der Waals surface area contributed by atoms with Crippen molar-refractivity contribution in [3.05, 3.63) is 36.3 Å². The lowest BCUT2D eigenvalue weighted by Crippen LogP contribution is -2.12. The highest BCUT2D eigenvalue weighted by Gasteiger charge is 2.24. The zero-order valence-electron chi connectivity index (χ0n) is 11.6.